The highest BCUT2D eigenvalue weighted by Crippen LogP contribution is 2.32. The van der Waals surface area contributed by atoms with Gasteiger partial charge in [0.2, 0.25) is 12.4 Å². The first-order valence-corrected chi connectivity index (χ1v) is 12.7. The molecule has 2 aromatic rings. The van der Waals surface area contributed by atoms with Crippen molar-refractivity contribution in [2.24, 2.45) is 0 Å². The minimum Gasteiger partial charge on any atom is -0.463 e. The number of benzene rings is 2. The van der Waals surface area contributed by atoms with E-state index >= 15 is 0 Å². The number of esters is 4. The van der Waals surface area contributed by atoms with E-state index in [2.05, 4.69) is 19.1 Å². The fourth-order valence-electron chi connectivity index (χ4n) is 4.29. The predicted octanol–water partition coefficient (Wildman–Crippen LogP) is 3.30. The fraction of sp³-hybridized carbons (Fsp3) is 0.448. The molecule has 39 heavy (non-hydrogen) atoms. The summed E-state index contributed by atoms with van der Waals surface area (Å²) < 4.78 is 33.8. The lowest BCUT2D eigenvalue weighted by molar-refractivity contribution is -0.288. The zero-order valence-corrected chi connectivity index (χ0v) is 22.7. The van der Waals surface area contributed by atoms with Gasteiger partial charge in [-0.3, -0.25) is 19.2 Å². The van der Waals surface area contributed by atoms with E-state index in [1.54, 1.807) is 12.1 Å². The molecule has 0 bridgehead atoms. The number of para-hydroxylation sites is 1. The van der Waals surface area contributed by atoms with E-state index in [0.29, 0.717) is 12.2 Å². The molecule has 1 aliphatic heterocycles. The summed E-state index contributed by atoms with van der Waals surface area (Å²) in [7, 11) is 0. The van der Waals surface area contributed by atoms with Gasteiger partial charge in [0.1, 0.15) is 18.5 Å². The van der Waals surface area contributed by atoms with Crippen molar-refractivity contribution in [2.45, 2.75) is 78.2 Å². The molecule has 1 aliphatic rings. The predicted molar refractivity (Wildman–Crippen MR) is 138 cm³/mol. The molecule has 1 heterocycles. The van der Waals surface area contributed by atoms with Crippen LogP contribution in [0, 0.1) is 0 Å². The van der Waals surface area contributed by atoms with E-state index in [1.807, 2.05) is 24.3 Å². The lowest BCUT2D eigenvalue weighted by Crippen LogP contribution is -2.63. The molecule has 1 fully saturated rings. The Morgan fingerprint density at radius 1 is 0.718 bits per heavy atom. The minimum absolute atomic E-state index is 0.330. The second kappa shape index (κ2) is 13.7. The number of hydrogen-bond acceptors (Lipinski definition) is 10. The van der Waals surface area contributed by atoms with Crippen molar-refractivity contribution in [3.63, 3.8) is 0 Å². The lowest BCUT2D eigenvalue weighted by atomic mass is 9.98. The number of carbonyl (C=O) groups is 4. The van der Waals surface area contributed by atoms with E-state index in [-0.39, 0.29) is 6.61 Å². The molecule has 1 saturated heterocycles. The third kappa shape index (κ3) is 8.54. The van der Waals surface area contributed by atoms with Gasteiger partial charge in [-0.25, -0.2) is 0 Å². The SMILES string of the molecule is CCc1ccc(Cc2ccccc2OC2O[C@H](COC(C)=O)[C@@H](OC(C)=O)[C@H](OC(C)=O)[C@H]2OC(C)=O)cc1. The van der Waals surface area contributed by atoms with Gasteiger partial charge in [-0.15, -0.1) is 0 Å². The topological polar surface area (TPSA) is 124 Å². The molecule has 5 atom stereocenters. The standard InChI is InChI=1S/C29H34O10/c1-6-21-11-13-22(14-12-21)15-23-9-7-8-10-24(23)38-29-28(37-20(5)33)27(36-19(4)32)26(35-18(3)31)25(39-29)16-34-17(2)30/h7-14,25-29H,6,15-16H2,1-5H3/t25-,26-,27+,28-,29?/m1/s1. The molecule has 0 aromatic heterocycles. The smallest absolute Gasteiger partial charge is 0.303 e. The van der Waals surface area contributed by atoms with Crippen LogP contribution in [0.15, 0.2) is 48.5 Å². The Bertz CT molecular complexity index is 1160. The van der Waals surface area contributed by atoms with E-state index in [4.69, 9.17) is 28.4 Å². The third-order valence-electron chi connectivity index (χ3n) is 5.99. The molecule has 0 radical (unpaired) electrons. The van der Waals surface area contributed by atoms with Crippen LogP contribution in [0.25, 0.3) is 0 Å². The first kappa shape index (κ1) is 29.6. The monoisotopic (exact) mass is 542 g/mol. The number of aryl methyl sites for hydroxylation is 1. The summed E-state index contributed by atoms with van der Waals surface area (Å²) in [6, 6.07) is 15.5. The summed E-state index contributed by atoms with van der Waals surface area (Å²) in [4.78, 5) is 47.6. The first-order valence-electron chi connectivity index (χ1n) is 12.7. The van der Waals surface area contributed by atoms with Gasteiger partial charge >= 0.3 is 23.9 Å². The fourth-order valence-corrected chi connectivity index (χ4v) is 4.29. The molecule has 10 heteroatoms. The molecule has 0 saturated carbocycles. The second-order valence-electron chi connectivity index (χ2n) is 9.14. The molecule has 1 unspecified atom stereocenters. The number of hydrogen-bond donors (Lipinski definition) is 0. The zero-order chi connectivity index (χ0) is 28.5. The van der Waals surface area contributed by atoms with Gasteiger partial charge in [0, 0.05) is 34.1 Å². The van der Waals surface area contributed by atoms with Gasteiger partial charge in [0.15, 0.2) is 12.2 Å². The molecule has 0 aliphatic carbocycles. The molecule has 0 N–H and O–H groups in total. The Labute approximate surface area is 227 Å². The van der Waals surface area contributed by atoms with Crippen molar-refractivity contribution in [1.29, 1.82) is 0 Å². The van der Waals surface area contributed by atoms with Crippen LogP contribution in [0.1, 0.15) is 51.3 Å². The third-order valence-corrected chi connectivity index (χ3v) is 5.99. The van der Waals surface area contributed by atoms with E-state index in [0.717, 1.165) is 17.5 Å². The number of ether oxygens (including phenoxy) is 6. The van der Waals surface area contributed by atoms with Crippen molar-refractivity contribution in [2.75, 3.05) is 6.61 Å². The normalized spacial score (nSPS) is 22.3. The second-order valence-corrected chi connectivity index (χ2v) is 9.14. The molecular weight excluding hydrogens is 508 g/mol. The van der Waals surface area contributed by atoms with Gasteiger partial charge < -0.3 is 28.4 Å². The lowest BCUT2D eigenvalue weighted by Gasteiger charge is -2.44. The number of rotatable bonds is 10. The summed E-state index contributed by atoms with van der Waals surface area (Å²) in [6.07, 6.45) is -4.76. The average molecular weight is 543 g/mol. The van der Waals surface area contributed by atoms with Crippen molar-refractivity contribution >= 4 is 23.9 Å². The van der Waals surface area contributed by atoms with Crippen LogP contribution in [0.2, 0.25) is 0 Å². The molecule has 10 nitrogen and oxygen atoms in total. The maximum atomic E-state index is 12.1. The zero-order valence-electron chi connectivity index (χ0n) is 22.7. The Hall–Kier alpha value is -3.92. The van der Waals surface area contributed by atoms with Crippen LogP contribution < -0.4 is 4.74 Å². The molecule has 2 aromatic carbocycles. The molecule has 3 rings (SSSR count). The summed E-state index contributed by atoms with van der Waals surface area (Å²) in [5.41, 5.74) is 3.11. The van der Waals surface area contributed by atoms with Gasteiger partial charge in [-0.2, -0.15) is 0 Å². The maximum Gasteiger partial charge on any atom is 0.303 e. The van der Waals surface area contributed by atoms with Crippen LogP contribution in [-0.4, -0.2) is 61.2 Å². The largest absolute Gasteiger partial charge is 0.463 e. The highest BCUT2D eigenvalue weighted by atomic mass is 16.7. The van der Waals surface area contributed by atoms with Crippen LogP contribution in [0.3, 0.4) is 0 Å². The maximum absolute atomic E-state index is 12.1. The van der Waals surface area contributed by atoms with Crippen LogP contribution in [-0.2, 0) is 55.7 Å². The van der Waals surface area contributed by atoms with E-state index < -0.39 is 54.6 Å². The van der Waals surface area contributed by atoms with Crippen LogP contribution in [0.4, 0.5) is 0 Å². The molecule has 0 amide bonds. The summed E-state index contributed by atoms with van der Waals surface area (Å²) in [5, 5.41) is 0. The van der Waals surface area contributed by atoms with Crippen molar-refractivity contribution < 1.29 is 47.6 Å². The highest BCUT2D eigenvalue weighted by molar-refractivity contribution is 5.68. The highest BCUT2D eigenvalue weighted by Gasteiger charge is 2.53. The Kier molecular flexibility index (Phi) is 10.4. The summed E-state index contributed by atoms with van der Waals surface area (Å²) in [6.45, 7) is 6.49. The van der Waals surface area contributed by atoms with Gasteiger partial charge in [-0.1, -0.05) is 49.4 Å². The van der Waals surface area contributed by atoms with Crippen LogP contribution in [0.5, 0.6) is 5.75 Å². The van der Waals surface area contributed by atoms with Crippen LogP contribution >= 0.6 is 0 Å². The van der Waals surface area contributed by atoms with E-state index in [1.165, 1.54) is 33.3 Å². The molecule has 0 spiro atoms. The van der Waals surface area contributed by atoms with Gasteiger partial charge in [0.25, 0.3) is 0 Å². The van der Waals surface area contributed by atoms with Gasteiger partial charge in [-0.05, 0) is 29.2 Å². The minimum atomic E-state index is -1.30. The Morgan fingerprint density at radius 2 is 1.28 bits per heavy atom. The first-order chi connectivity index (χ1) is 18.6. The Morgan fingerprint density at radius 3 is 1.87 bits per heavy atom. The van der Waals surface area contributed by atoms with Gasteiger partial charge in [0.05, 0.1) is 0 Å². The summed E-state index contributed by atoms with van der Waals surface area (Å²) >= 11 is 0. The van der Waals surface area contributed by atoms with E-state index in [9.17, 15) is 19.2 Å². The van der Waals surface area contributed by atoms with Crippen molar-refractivity contribution in [3.05, 3.63) is 65.2 Å². The van der Waals surface area contributed by atoms with Crippen molar-refractivity contribution in [1.82, 2.24) is 0 Å². The molecular formula is C29H34O10. The average Bonchev–Trinajstić information content (AvgIpc) is 2.87. The quantitative estimate of drug-likeness (QED) is 0.326. The Balaban J connectivity index is 1.97. The molecule has 210 valence electrons. The summed E-state index contributed by atoms with van der Waals surface area (Å²) in [5.74, 6) is -2.26. The number of carbonyl (C=O) groups excluding carboxylic acids is 4. The van der Waals surface area contributed by atoms with Crippen molar-refractivity contribution in [3.8, 4) is 5.75 Å².